The van der Waals surface area contributed by atoms with Gasteiger partial charge in [-0.2, -0.15) is 0 Å². The Labute approximate surface area is 76.9 Å². The van der Waals surface area contributed by atoms with E-state index < -0.39 is 0 Å². The van der Waals surface area contributed by atoms with Crippen molar-refractivity contribution in [2.75, 3.05) is 11.4 Å². The van der Waals surface area contributed by atoms with Crippen LogP contribution < -0.4 is 9.64 Å². The van der Waals surface area contributed by atoms with Gasteiger partial charge in [-0.3, -0.25) is 4.79 Å². The van der Waals surface area contributed by atoms with Gasteiger partial charge >= 0.3 is 0 Å². The van der Waals surface area contributed by atoms with Crippen molar-refractivity contribution in [1.82, 2.24) is 0 Å². The predicted molar refractivity (Wildman–Crippen MR) is 48.3 cm³/mol. The highest BCUT2D eigenvalue weighted by Crippen LogP contribution is 2.31. The number of carbonyl (C=O) groups excluding carboxylic acids is 1. The van der Waals surface area contributed by atoms with Gasteiger partial charge in [-0.15, -0.1) is 0 Å². The van der Waals surface area contributed by atoms with Crippen molar-refractivity contribution in [3.05, 3.63) is 30.9 Å². The number of hydrogen-bond acceptors (Lipinski definition) is 2. The number of fused-ring (bicyclic) bond motifs is 1. The Morgan fingerprint density at radius 3 is 3.08 bits per heavy atom. The van der Waals surface area contributed by atoms with Crippen LogP contribution in [-0.2, 0) is 4.79 Å². The number of hydrogen-bond donors (Lipinski definition) is 0. The van der Waals surface area contributed by atoms with Crippen molar-refractivity contribution >= 4 is 11.6 Å². The number of nitrogens with zero attached hydrogens (tertiary/aromatic N) is 1. The molecule has 0 spiro atoms. The van der Waals surface area contributed by atoms with Crippen molar-refractivity contribution in [3.8, 4) is 5.75 Å². The SMILES string of the molecule is CC(=O)N1C[C]Oc2ccccc21. The molecule has 1 heterocycles. The van der Waals surface area contributed by atoms with E-state index in [1.54, 1.807) is 4.90 Å². The number of para-hydroxylation sites is 2. The zero-order valence-corrected chi connectivity index (χ0v) is 7.28. The molecule has 2 radical (unpaired) electrons. The molecular formula is C10H9NO2. The fourth-order valence-electron chi connectivity index (χ4n) is 1.31. The molecule has 1 aliphatic heterocycles. The lowest BCUT2D eigenvalue weighted by molar-refractivity contribution is -0.116. The van der Waals surface area contributed by atoms with E-state index in [4.69, 9.17) is 4.74 Å². The minimum absolute atomic E-state index is 0.00301. The van der Waals surface area contributed by atoms with Crippen LogP contribution in [0.4, 0.5) is 5.69 Å². The van der Waals surface area contributed by atoms with Gasteiger partial charge < -0.3 is 9.64 Å². The first-order valence-corrected chi connectivity index (χ1v) is 4.06. The summed E-state index contributed by atoms with van der Waals surface area (Å²) < 4.78 is 5.16. The summed E-state index contributed by atoms with van der Waals surface area (Å²) in [6, 6.07) is 7.42. The van der Waals surface area contributed by atoms with Gasteiger partial charge in [-0.05, 0) is 12.1 Å². The third kappa shape index (κ3) is 1.37. The van der Waals surface area contributed by atoms with Gasteiger partial charge in [0.15, 0.2) is 0 Å². The molecule has 0 saturated carbocycles. The lowest BCUT2D eigenvalue weighted by Crippen LogP contribution is -2.33. The topological polar surface area (TPSA) is 29.5 Å². The smallest absolute Gasteiger partial charge is 0.224 e. The molecule has 0 N–H and O–H groups in total. The van der Waals surface area contributed by atoms with Crippen molar-refractivity contribution in [2.45, 2.75) is 6.92 Å². The highest BCUT2D eigenvalue weighted by molar-refractivity contribution is 5.93. The van der Waals surface area contributed by atoms with Crippen LogP contribution >= 0.6 is 0 Å². The third-order valence-corrected chi connectivity index (χ3v) is 1.94. The summed E-state index contributed by atoms with van der Waals surface area (Å²) in [5.41, 5.74) is 0.814. The second-order valence-corrected chi connectivity index (χ2v) is 2.82. The Balaban J connectivity index is 2.42. The van der Waals surface area contributed by atoms with Gasteiger partial charge in [0, 0.05) is 6.92 Å². The fraction of sp³-hybridized carbons (Fsp3) is 0.200. The number of carbonyl (C=O) groups is 1. The summed E-state index contributed by atoms with van der Waals surface area (Å²) >= 11 is 0. The Morgan fingerprint density at radius 1 is 1.54 bits per heavy atom. The van der Waals surface area contributed by atoms with Crippen molar-refractivity contribution in [2.24, 2.45) is 0 Å². The second-order valence-electron chi connectivity index (χ2n) is 2.82. The molecule has 1 aromatic carbocycles. The molecule has 1 aliphatic rings. The van der Waals surface area contributed by atoms with E-state index in [0.717, 1.165) is 5.69 Å². The van der Waals surface area contributed by atoms with Crippen LogP contribution in [0.15, 0.2) is 24.3 Å². The Kier molecular flexibility index (Phi) is 1.93. The molecule has 13 heavy (non-hydrogen) atoms. The molecule has 1 aromatic rings. The van der Waals surface area contributed by atoms with Crippen LogP contribution in [0.25, 0.3) is 0 Å². The summed E-state index contributed by atoms with van der Waals surface area (Å²) in [4.78, 5) is 12.8. The largest absolute Gasteiger partial charge is 0.474 e. The van der Waals surface area contributed by atoms with E-state index in [1.165, 1.54) is 6.92 Å². The first-order valence-electron chi connectivity index (χ1n) is 4.06. The molecule has 1 amide bonds. The van der Waals surface area contributed by atoms with Crippen molar-refractivity contribution in [1.29, 1.82) is 0 Å². The average Bonchev–Trinajstić information content (AvgIpc) is 2.17. The van der Waals surface area contributed by atoms with E-state index in [1.807, 2.05) is 24.3 Å². The molecule has 66 valence electrons. The van der Waals surface area contributed by atoms with E-state index in [0.29, 0.717) is 12.3 Å². The molecule has 0 atom stereocenters. The lowest BCUT2D eigenvalue weighted by atomic mass is 10.2. The quantitative estimate of drug-likeness (QED) is 0.597. The third-order valence-electron chi connectivity index (χ3n) is 1.94. The average molecular weight is 175 g/mol. The monoisotopic (exact) mass is 175 g/mol. The van der Waals surface area contributed by atoms with E-state index in [9.17, 15) is 4.79 Å². The Morgan fingerprint density at radius 2 is 2.31 bits per heavy atom. The molecule has 0 aliphatic carbocycles. The minimum Gasteiger partial charge on any atom is -0.474 e. The van der Waals surface area contributed by atoms with Crippen LogP contribution in [0.5, 0.6) is 5.75 Å². The highest BCUT2D eigenvalue weighted by Gasteiger charge is 2.20. The first-order chi connectivity index (χ1) is 6.29. The summed E-state index contributed by atoms with van der Waals surface area (Å²) in [5.74, 6) is 0.687. The predicted octanol–water partition coefficient (Wildman–Crippen LogP) is 1.47. The van der Waals surface area contributed by atoms with Crippen LogP contribution in [0, 0.1) is 6.61 Å². The van der Waals surface area contributed by atoms with Crippen LogP contribution in [0.1, 0.15) is 6.92 Å². The molecule has 0 bridgehead atoms. The van der Waals surface area contributed by atoms with E-state index >= 15 is 0 Å². The highest BCUT2D eigenvalue weighted by atomic mass is 16.5. The van der Waals surface area contributed by atoms with Gasteiger partial charge in [0.05, 0.1) is 12.2 Å². The number of rotatable bonds is 0. The molecular weight excluding hydrogens is 166 g/mol. The summed E-state index contributed by atoms with van der Waals surface area (Å²) in [5, 5.41) is 0. The number of amides is 1. The number of benzene rings is 1. The van der Waals surface area contributed by atoms with Crippen LogP contribution in [0.3, 0.4) is 0 Å². The van der Waals surface area contributed by atoms with E-state index in [2.05, 4.69) is 6.61 Å². The second kappa shape index (κ2) is 3.09. The van der Waals surface area contributed by atoms with Crippen LogP contribution in [-0.4, -0.2) is 12.5 Å². The normalized spacial score (nSPS) is 14.7. The van der Waals surface area contributed by atoms with Gasteiger partial charge in [-0.25, -0.2) is 0 Å². The maximum absolute atomic E-state index is 11.2. The first kappa shape index (κ1) is 8.10. The summed E-state index contributed by atoms with van der Waals surface area (Å²) in [6.45, 7) is 4.60. The molecule has 3 nitrogen and oxygen atoms in total. The number of anilines is 1. The molecule has 3 heteroatoms. The maximum Gasteiger partial charge on any atom is 0.224 e. The maximum atomic E-state index is 11.2. The zero-order chi connectivity index (χ0) is 9.26. The zero-order valence-electron chi connectivity index (χ0n) is 7.28. The molecule has 0 fully saturated rings. The van der Waals surface area contributed by atoms with Gasteiger partial charge in [0.1, 0.15) is 5.75 Å². The molecule has 0 unspecified atom stereocenters. The Hall–Kier alpha value is -1.51. The standard InChI is InChI=1S/C10H9NO2/c1-8(12)11-6-7-13-10-5-3-2-4-9(10)11/h2-5H,6H2,1H3. The lowest BCUT2D eigenvalue weighted by Gasteiger charge is -2.27. The minimum atomic E-state index is 0.00301. The summed E-state index contributed by atoms with van der Waals surface area (Å²) in [6.07, 6.45) is 0. The molecule has 0 aromatic heterocycles. The number of ether oxygens (including phenoxy) is 1. The van der Waals surface area contributed by atoms with Gasteiger partial charge in [-0.1, -0.05) is 12.1 Å². The molecule has 0 saturated heterocycles. The molecule has 2 rings (SSSR count). The van der Waals surface area contributed by atoms with Gasteiger partial charge in [0.2, 0.25) is 12.5 Å². The Bertz CT molecular complexity index is 335. The van der Waals surface area contributed by atoms with Crippen molar-refractivity contribution in [3.63, 3.8) is 0 Å². The van der Waals surface area contributed by atoms with E-state index in [-0.39, 0.29) is 5.91 Å². The van der Waals surface area contributed by atoms with Crippen molar-refractivity contribution < 1.29 is 9.53 Å². The fourth-order valence-corrected chi connectivity index (χ4v) is 1.31. The summed E-state index contributed by atoms with van der Waals surface area (Å²) in [7, 11) is 0. The van der Waals surface area contributed by atoms with Gasteiger partial charge in [0.25, 0.3) is 0 Å². The van der Waals surface area contributed by atoms with Crippen LogP contribution in [0.2, 0.25) is 0 Å².